The highest BCUT2D eigenvalue weighted by Crippen LogP contribution is 2.43. The van der Waals surface area contributed by atoms with Crippen LogP contribution in [0.5, 0.6) is 5.75 Å². The first-order chi connectivity index (χ1) is 15.5. The standard InChI is InChI=1S/C24H21N3O4S/c1-31-20-10-14-6-8-27-19(23(28)26-7-2-4-15(26)13-25)12-18(21-5-3-9-32-21)22(27)16(14)11-17(20)24(29)30/h3,5,9-12,15H,2,4,6-8H2,1H3,(H,29,30). The molecule has 1 atom stereocenters. The van der Waals surface area contributed by atoms with E-state index in [-0.39, 0.29) is 11.5 Å². The average Bonchev–Trinajstić information content (AvgIpc) is 3.56. The number of rotatable bonds is 4. The monoisotopic (exact) mass is 447 g/mol. The van der Waals surface area contributed by atoms with Crippen LogP contribution in [0.2, 0.25) is 0 Å². The Bertz CT molecular complexity index is 1270. The number of carboxylic acids is 1. The molecular formula is C24H21N3O4S. The Morgan fingerprint density at radius 3 is 2.78 bits per heavy atom. The minimum absolute atomic E-state index is 0.0926. The van der Waals surface area contributed by atoms with Gasteiger partial charge in [0.1, 0.15) is 23.0 Å². The molecule has 4 heterocycles. The minimum atomic E-state index is -1.06. The third-order valence-corrected chi connectivity index (χ3v) is 7.18. The Hall–Kier alpha value is -3.57. The highest BCUT2D eigenvalue weighted by Gasteiger charge is 2.34. The maximum atomic E-state index is 13.5. The molecule has 2 aliphatic heterocycles. The molecule has 32 heavy (non-hydrogen) atoms. The quantitative estimate of drug-likeness (QED) is 0.644. The molecule has 0 radical (unpaired) electrons. The first kappa shape index (κ1) is 20.3. The molecule has 1 aromatic carbocycles. The summed E-state index contributed by atoms with van der Waals surface area (Å²) in [6, 6.07) is 11.1. The van der Waals surface area contributed by atoms with Crippen molar-refractivity contribution in [2.45, 2.75) is 31.8 Å². The SMILES string of the molecule is COc1cc2c(cc1C(=O)O)-c1c(-c3cccs3)cc(C(=O)N3CCCC3C#N)n1CC2. The van der Waals surface area contributed by atoms with E-state index < -0.39 is 12.0 Å². The maximum absolute atomic E-state index is 13.5. The minimum Gasteiger partial charge on any atom is -0.496 e. The smallest absolute Gasteiger partial charge is 0.339 e. The molecule has 5 rings (SSSR count). The van der Waals surface area contributed by atoms with E-state index in [1.165, 1.54) is 7.11 Å². The van der Waals surface area contributed by atoms with Crippen molar-refractivity contribution in [2.75, 3.05) is 13.7 Å². The van der Waals surface area contributed by atoms with Gasteiger partial charge in [0, 0.05) is 29.1 Å². The van der Waals surface area contributed by atoms with Crippen LogP contribution in [0.15, 0.2) is 35.7 Å². The van der Waals surface area contributed by atoms with E-state index in [1.54, 1.807) is 28.4 Å². The first-order valence-corrected chi connectivity index (χ1v) is 11.3. The molecule has 7 nitrogen and oxygen atoms in total. The first-order valence-electron chi connectivity index (χ1n) is 10.5. The van der Waals surface area contributed by atoms with Gasteiger partial charge in [0.25, 0.3) is 5.91 Å². The topological polar surface area (TPSA) is 95.6 Å². The Morgan fingerprint density at radius 2 is 2.09 bits per heavy atom. The average molecular weight is 448 g/mol. The third kappa shape index (κ3) is 3.09. The number of aromatic nitrogens is 1. The van der Waals surface area contributed by atoms with Crippen molar-refractivity contribution in [1.29, 1.82) is 5.26 Å². The number of nitrogens with zero attached hydrogens (tertiary/aromatic N) is 3. The van der Waals surface area contributed by atoms with Crippen molar-refractivity contribution in [1.82, 2.24) is 9.47 Å². The number of hydrogen-bond donors (Lipinski definition) is 1. The molecule has 0 spiro atoms. The molecule has 1 unspecified atom stereocenters. The lowest BCUT2D eigenvalue weighted by atomic mass is 9.93. The number of aryl methyl sites for hydroxylation is 1. The predicted octanol–water partition coefficient (Wildman–Crippen LogP) is 4.27. The lowest BCUT2D eigenvalue weighted by molar-refractivity contribution is 0.0691. The Kier molecular flexibility index (Phi) is 4.98. The largest absolute Gasteiger partial charge is 0.496 e. The van der Waals surface area contributed by atoms with E-state index >= 15 is 0 Å². The lowest BCUT2D eigenvalue weighted by Crippen LogP contribution is -2.36. The molecule has 0 saturated carbocycles. The van der Waals surface area contributed by atoms with Gasteiger partial charge in [-0.15, -0.1) is 11.3 Å². The number of thiophene rings is 1. The highest BCUT2D eigenvalue weighted by molar-refractivity contribution is 7.13. The fourth-order valence-corrected chi connectivity index (χ4v) is 5.52. The summed E-state index contributed by atoms with van der Waals surface area (Å²) >= 11 is 1.57. The van der Waals surface area contributed by atoms with Crippen molar-refractivity contribution in [3.05, 3.63) is 52.5 Å². The van der Waals surface area contributed by atoms with E-state index in [0.717, 1.165) is 33.7 Å². The van der Waals surface area contributed by atoms with Gasteiger partial charge < -0.3 is 19.3 Å². The summed E-state index contributed by atoms with van der Waals surface area (Å²) in [7, 11) is 1.47. The van der Waals surface area contributed by atoms with Crippen LogP contribution in [0.3, 0.4) is 0 Å². The molecule has 0 bridgehead atoms. The number of likely N-dealkylation sites (tertiary alicyclic amines) is 1. The van der Waals surface area contributed by atoms with Crippen LogP contribution in [0, 0.1) is 11.3 Å². The van der Waals surface area contributed by atoms with Crippen molar-refractivity contribution in [3.8, 4) is 33.5 Å². The van der Waals surface area contributed by atoms with Gasteiger partial charge in [-0.2, -0.15) is 5.26 Å². The van der Waals surface area contributed by atoms with E-state index in [0.29, 0.717) is 37.4 Å². The number of hydrogen-bond acceptors (Lipinski definition) is 5. The Labute approximate surface area is 189 Å². The number of carbonyl (C=O) groups excluding carboxylic acids is 1. The second-order valence-corrected chi connectivity index (χ2v) is 8.92. The van der Waals surface area contributed by atoms with Crippen LogP contribution in [0.1, 0.15) is 39.3 Å². The molecule has 1 fully saturated rings. The summed E-state index contributed by atoms with van der Waals surface area (Å²) in [5.74, 6) is -0.871. The van der Waals surface area contributed by atoms with E-state index in [2.05, 4.69) is 6.07 Å². The molecule has 2 aliphatic rings. The van der Waals surface area contributed by atoms with Gasteiger partial charge in [0.2, 0.25) is 0 Å². The van der Waals surface area contributed by atoms with Gasteiger partial charge in [0.05, 0.1) is 18.9 Å². The maximum Gasteiger partial charge on any atom is 0.339 e. The summed E-state index contributed by atoms with van der Waals surface area (Å²) in [5.41, 5.74) is 4.17. The normalized spacial score (nSPS) is 16.9. The molecule has 0 aliphatic carbocycles. The van der Waals surface area contributed by atoms with Crippen LogP contribution in [-0.2, 0) is 13.0 Å². The highest BCUT2D eigenvalue weighted by atomic mass is 32.1. The number of carbonyl (C=O) groups is 2. The molecule has 1 amide bonds. The number of nitriles is 1. The number of aromatic carboxylic acids is 1. The van der Waals surface area contributed by atoms with Gasteiger partial charge >= 0.3 is 5.97 Å². The molecule has 162 valence electrons. The van der Waals surface area contributed by atoms with Crippen molar-refractivity contribution in [2.24, 2.45) is 0 Å². The summed E-state index contributed by atoms with van der Waals surface area (Å²) < 4.78 is 7.31. The summed E-state index contributed by atoms with van der Waals surface area (Å²) in [6.07, 6.45) is 2.16. The zero-order valence-electron chi connectivity index (χ0n) is 17.5. The van der Waals surface area contributed by atoms with Crippen LogP contribution in [-0.4, -0.2) is 46.1 Å². The molecular weight excluding hydrogens is 426 g/mol. The number of fused-ring (bicyclic) bond motifs is 3. The van der Waals surface area contributed by atoms with Crippen LogP contribution >= 0.6 is 11.3 Å². The Balaban J connectivity index is 1.72. The summed E-state index contributed by atoms with van der Waals surface area (Å²) in [4.78, 5) is 28.0. The number of methoxy groups -OCH3 is 1. The third-order valence-electron chi connectivity index (χ3n) is 6.28. The number of amides is 1. The fourth-order valence-electron chi connectivity index (χ4n) is 4.78. The second-order valence-electron chi connectivity index (χ2n) is 7.97. The van der Waals surface area contributed by atoms with Crippen LogP contribution in [0.25, 0.3) is 21.7 Å². The van der Waals surface area contributed by atoms with Crippen LogP contribution < -0.4 is 4.74 Å². The van der Waals surface area contributed by atoms with E-state index in [1.807, 2.05) is 28.1 Å². The van der Waals surface area contributed by atoms with Gasteiger partial charge in [0.15, 0.2) is 0 Å². The molecule has 3 aromatic rings. The summed E-state index contributed by atoms with van der Waals surface area (Å²) in [5, 5.41) is 21.2. The molecule has 8 heteroatoms. The fraction of sp³-hybridized carbons (Fsp3) is 0.292. The van der Waals surface area contributed by atoms with Gasteiger partial charge in [-0.3, -0.25) is 4.79 Å². The van der Waals surface area contributed by atoms with E-state index in [4.69, 9.17) is 4.74 Å². The zero-order chi connectivity index (χ0) is 22.4. The zero-order valence-corrected chi connectivity index (χ0v) is 18.3. The number of carboxylic acid groups (broad SMARTS) is 1. The van der Waals surface area contributed by atoms with Crippen molar-refractivity contribution < 1.29 is 19.4 Å². The number of ether oxygens (including phenoxy) is 1. The molecule has 1 saturated heterocycles. The van der Waals surface area contributed by atoms with Crippen LogP contribution in [0.4, 0.5) is 0 Å². The van der Waals surface area contributed by atoms with Gasteiger partial charge in [-0.05, 0) is 54.5 Å². The van der Waals surface area contributed by atoms with Gasteiger partial charge in [-0.1, -0.05) is 6.07 Å². The second kappa shape index (κ2) is 7.84. The predicted molar refractivity (Wildman–Crippen MR) is 120 cm³/mol. The Morgan fingerprint density at radius 1 is 1.25 bits per heavy atom. The summed E-state index contributed by atoms with van der Waals surface area (Å²) in [6.45, 7) is 1.16. The van der Waals surface area contributed by atoms with E-state index in [9.17, 15) is 20.0 Å². The number of benzene rings is 1. The lowest BCUT2D eigenvalue weighted by Gasteiger charge is -2.25. The molecule has 2 aromatic heterocycles. The van der Waals surface area contributed by atoms with Crippen molar-refractivity contribution >= 4 is 23.2 Å². The van der Waals surface area contributed by atoms with Gasteiger partial charge in [-0.25, -0.2) is 4.79 Å². The molecule has 1 N–H and O–H groups in total. The van der Waals surface area contributed by atoms with Crippen molar-refractivity contribution in [3.63, 3.8) is 0 Å².